The molecule has 0 atom stereocenters. The molecule has 0 N–H and O–H groups in total. The van der Waals surface area contributed by atoms with Crippen LogP contribution < -0.4 is 0 Å². The first-order chi connectivity index (χ1) is 11.0. The third-order valence-corrected chi connectivity index (χ3v) is 4.25. The minimum Gasteiger partial charge on any atom is -0.366 e. The summed E-state index contributed by atoms with van der Waals surface area (Å²) in [5.74, 6) is -0.596. The van der Waals surface area contributed by atoms with Crippen molar-refractivity contribution in [2.45, 2.75) is 19.8 Å². The van der Waals surface area contributed by atoms with E-state index >= 15 is 0 Å². The van der Waals surface area contributed by atoms with Crippen LogP contribution in [-0.4, -0.2) is 46.2 Å². The third-order valence-electron chi connectivity index (χ3n) is 4.25. The van der Waals surface area contributed by atoms with Gasteiger partial charge in [0, 0.05) is 31.8 Å². The highest BCUT2D eigenvalue weighted by molar-refractivity contribution is 6.35. The van der Waals surface area contributed by atoms with Gasteiger partial charge in [-0.15, -0.1) is 0 Å². The highest BCUT2D eigenvalue weighted by Gasteiger charge is 2.41. The van der Waals surface area contributed by atoms with Gasteiger partial charge in [-0.3, -0.25) is 24.6 Å². The Hall–Kier alpha value is -2.70. The second-order valence-electron chi connectivity index (χ2n) is 5.58. The monoisotopic (exact) mass is 315 g/mol. The van der Waals surface area contributed by atoms with E-state index in [1.807, 2.05) is 4.90 Å². The molecule has 2 heterocycles. The van der Waals surface area contributed by atoms with Gasteiger partial charge in [-0.1, -0.05) is 0 Å². The molecule has 0 spiro atoms. The Kier molecular flexibility index (Phi) is 3.85. The molecule has 23 heavy (non-hydrogen) atoms. The fraction of sp³-hybridized carbons (Fsp3) is 0.375. The Morgan fingerprint density at radius 1 is 1.09 bits per heavy atom. The molecule has 3 rings (SSSR count). The lowest BCUT2D eigenvalue weighted by Crippen LogP contribution is -2.34. The van der Waals surface area contributed by atoms with E-state index in [0.717, 1.165) is 25.9 Å². The smallest absolute Gasteiger partial charge is 0.277 e. The predicted octanol–water partition coefficient (Wildman–Crippen LogP) is 1.79. The lowest BCUT2D eigenvalue weighted by atomic mass is 10.0. The Morgan fingerprint density at radius 3 is 2.22 bits per heavy atom. The van der Waals surface area contributed by atoms with Crippen LogP contribution in [0.3, 0.4) is 0 Å². The standard InChI is InChI=1S/C16H17N3O4/c1-2-18-15(20)13(11-5-7-12(8-6-11)19(22)23)14(16(18)21)17-9-3-4-10-17/h5-8H,2-4,9-10H2,1H3. The van der Waals surface area contributed by atoms with Crippen molar-refractivity contribution in [3.63, 3.8) is 0 Å². The number of benzene rings is 1. The first-order valence-corrected chi connectivity index (χ1v) is 7.64. The van der Waals surface area contributed by atoms with Crippen LogP contribution in [0.1, 0.15) is 25.3 Å². The number of nitro groups is 1. The SMILES string of the molecule is CCN1C(=O)C(c2ccc([N+](=O)[O-])cc2)=C(N2CCCC2)C1=O. The lowest BCUT2D eigenvalue weighted by Gasteiger charge is -2.19. The number of amides is 2. The maximum absolute atomic E-state index is 12.6. The summed E-state index contributed by atoms with van der Waals surface area (Å²) in [6, 6.07) is 5.79. The maximum atomic E-state index is 12.6. The minimum atomic E-state index is -0.487. The van der Waals surface area contributed by atoms with Crippen LogP contribution in [0.5, 0.6) is 0 Å². The molecule has 120 valence electrons. The van der Waals surface area contributed by atoms with Crippen molar-refractivity contribution in [2.24, 2.45) is 0 Å². The number of nitro benzene ring substituents is 1. The first kappa shape index (κ1) is 15.2. The summed E-state index contributed by atoms with van der Waals surface area (Å²) < 4.78 is 0. The van der Waals surface area contributed by atoms with Gasteiger partial charge >= 0.3 is 0 Å². The van der Waals surface area contributed by atoms with Gasteiger partial charge in [-0.05, 0) is 37.5 Å². The topological polar surface area (TPSA) is 83.8 Å². The summed E-state index contributed by atoms with van der Waals surface area (Å²) in [5.41, 5.74) is 1.30. The Bertz CT molecular complexity index is 703. The zero-order chi connectivity index (χ0) is 16.6. The van der Waals surface area contributed by atoms with Gasteiger partial charge in [0.1, 0.15) is 5.70 Å². The van der Waals surface area contributed by atoms with Gasteiger partial charge in [-0.2, -0.15) is 0 Å². The van der Waals surface area contributed by atoms with Gasteiger partial charge in [0.05, 0.1) is 10.5 Å². The van der Waals surface area contributed by atoms with E-state index in [4.69, 9.17) is 0 Å². The Labute approximate surface area is 133 Å². The third kappa shape index (κ3) is 2.48. The van der Waals surface area contributed by atoms with Crippen molar-refractivity contribution < 1.29 is 14.5 Å². The molecule has 0 bridgehead atoms. The first-order valence-electron chi connectivity index (χ1n) is 7.64. The van der Waals surface area contributed by atoms with E-state index in [1.54, 1.807) is 6.92 Å². The van der Waals surface area contributed by atoms with Crippen LogP contribution in [0.25, 0.3) is 5.57 Å². The molecule has 1 aromatic rings. The second-order valence-corrected chi connectivity index (χ2v) is 5.58. The van der Waals surface area contributed by atoms with Crippen LogP contribution in [0, 0.1) is 10.1 Å². The van der Waals surface area contributed by atoms with Gasteiger partial charge in [0.15, 0.2) is 0 Å². The molecule has 1 saturated heterocycles. The highest BCUT2D eigenvalue weighted by atomic mass is 16.6. The quantitative estimate of drug-likeness (QED) is 0.480. The molecule has 7 nitrogen and oxygen atoms in total. The number of hydrogen-bond donors (Lipinski definition) is 0. The van der Waals surface area contributed by atoms with Crippen LogP contribution in [-0.2, 0) is 9.59 Å². The van der Waals surface area contributed by atoms with Crippen molar-refractivity contribution in [3.05, 3.63) is 45.6 Å². The Morgan fingerprint density at radius 2 is 1.70 bits per heavy atom. The summed E-state index contributed by atoms with van der Waals surface area (Å²) in [5, 5.41) is 10.8. The number of imide groups is 1. The number of rotatable bonds is 4. The number of carbonyl (C=O) groups is 2. The second kappa shape index (κ2) is 5.83. The molecule has 1 fully saturated rings. The van der Waals surface area contributed by atoms with Crippen molar-refractivity contribution >= 4 is 23.1 Å². The van der Waals surface area contributed by atoms with Gasteiger partial charge < -0.3 is 4.90 Å². The molecular formula is C16H17N3O4. The summed E-state index contributed by atoms with van der Waals surface area (Å²) in [6.07, 6.45) is 1.98. The molecule has 0 unspecified atom stereocenters. The average Bonchev–Trinajstić information content (AvgIpc) is 3.14. The zero-order valence-corrected chi connectivity index (χ0v) is 12.8. The van der Waals surface area contributed by atoms with Gasteiger partial charge in [0.25, 0.3) is 17.5 Å². The number of likely N-dealkylation sites (tertiary alicyclic amines) is 1. The largest absolute Gasteiger partial charge is 0.366 e. The molecular weight excluding hydrogens is 298 g/mol. The van der Waals surface area contributed by atoms with E-state index in [2.05, 4.69) is 0 Å². The van der Waals surface area contributed by atoms with Crippen molar-refractivity contribution in [2.75, 3.05) is 19.6 Å². The normalized spacial score (nSPS) is 18.3. The fourth-order valence-corrected chi connectivity index (χ4v) is 3.09. The molecule has 2 amide bonds. The lowest BCUT2D eigenvalue weighted by molar-refractivity contribution is -0.384. The number of non-ortho nitro benzene ring substituents is 1. The highest BCUT2D eigenvalue weighted by Crippen LogP contribution is 2.33. The summed E-state index contributed by atoms with van der Waals surface area (Å²) in [6.45, 7) is 3.58. The van der Waals surface area contributed by atoms with Crippen LogP contribution in [0.15, 0.2) is 30.0 Å². The fourth-order valence-electron chi connectivity index (χ4n) is 3.09. The van der Waals surface area contributed by atoms with Crippen molar-refractivity contribution in [1.29, 1.82) is 0 Å². The number of hydrogen-bond acceptors (Lipinski definition) is 5. The zero-order valence-electron chi connectivity index (χ0n) is 12.8. The molecule has 7 heteroatoms. The Balaban J connectivity index is 2.08. The van der Waals surface area contributed by atoms with Crippen LogP contribution in [0.4, 0.5) is 5.69 Å². The van der Waals surface area contributed by atoms with Crippen LogP contribution in [0.2, 0.25) is 0 Å². The molecule has 0 aliphatic carbocycles. The van der Waals surface area contributed by atoms with Crippen LogP contribution >= 0.6 is 0 Å². The molecule has 0 aromatic heterocycles. The molecule has 0 saturated carbocycles. The summed E-state index contributed by atoms with van der Waals surface area (Å²) in [7, 11) is 0. The summed E-state index contributed by atoms with van der Waals surface area (Å²) in [4.78, 5) is 38.7. The van der Waals surface area contributed by atoms with E-state index in [-0.39, 0.29) is 17.5 Å². The minimum absolute atomic E-state index is 0.0406. The molecule has 2 aliphatic heterocycles. The summed E-state index contributed by atoms with van der Waals surface area (Å²) >= 11 is 0. The number of likely N-dealkylation sites (N-methyl/N-ethyl adjacent to an activating group) is 1. The van der Waals surface area contributed by atoms with E-state index in [0.29, 0.717) is 23.4 Å². The van der Waals surface area contributed by atoms with E-state index < -0.39 is 4.92 Å². The average molecular weight is 315 g/mol. The van der Waals surface area contributed by atoms with E-state index in [9.17, 15) is 19.7 Å². The van der Waals surface area contributed by atoms with E-state index in [1.165, 1.54) is 29.2 Å². The van der Waals surface area contributed by atoms with Crippen molar-refractivity contribution in [3.8, 4) is 0 Å². The predicted molar refractivity (Wildman–Crippen MR) is 83.2 cm³/mol. The molecule has 2 aliphatic rings. The van der Waals surface area contributed by atoms with Crippen molar-refractivity contribution in [1.82, 2.24) is 9.80 Å². The molecule has 0 radical (unpaired) electrons. The van der Waals surface area contributed by atoms with Gasteiger partial charge in [0.2, 0.25) is 0 Å². The number of carbonyl (C=O) groups excluding carboxylic acids is 2. The van der Waals surface area contributed by atoms with Gasteiger partial charge in [-0.25, -0.2) is 0 Å². The molecule has 1 aromatic carbocycles. The maximum Gasteiger partial charge on any atom is 0.277 e. The number of nitrogens with zero attached hydrogens (tertiary/aromatic N) is 3.